The van der Waals surface area contributed by atoms with Gasteiger partial charge in [0.2, 0.25) is 0 Å². The van der Waals surface area contributed by atoms with Crippen LogP contribution in [0, 0.1) is 11.8 Å². The van der Waals surface area contributed by atoms with Crippen molar-refractivity contribution >= 4 is 0 Å². The summed E-state index contributed by atoms with van der Waals surface area (Å²) in [6.07, 6.45) is -0.158. The van der Waals surface area contributed by atoms with Gasteiger partial charge in [-0.3, -0.25) is 0 Å². The van der Waals surface area contributed by atoms with Crippen LogP contribution >= 0.6 is 0 Å². The lowest BCUT2D eigenvalue weighted by Crippen LogP contribution is -1.99. The normalized spacial score (nSPS) is 11.5. The zero-order valence-electron chi connectivity index (χ0n) is 12.5. The maximum absolute atomic E-state index is 5.72. The van der Waals surface area contributed by atoms with E-state index in [0.29, 0.717) is 13.2 Å². The minimum absolute atomic E-state index is 0.158. The van der Waals surface area contributed by atoms with Gasteiger partial charge in [-0.2, -0.15) is 0 Å². The number of rotatable bonds is 6. The van der Waals surface area contributed by atoms with Gasteiger partial charge in [0.1, 0.15) is 6.10 Å². The van der Waals surface area contributed by atoms with Crippen molar-refractivity contribution in [2.75, 3.05) is 7.11 Å². The first-order valence-corrected chi connectivity index (χ1v) is 6.99. The predicted molar refractivity (Wildman–Crippen MR) is 84.6 cm³/mol. The van der Waals surface area contributed by atoms with Crippen LogP contribution in [0.5, 0.6) is 0 Å². The fourth-order valence-electron chi connectivity index (χ4n) is 2.06. The Kier molecular flexibility index (Phi) is 6.02. The summed E-state index contributed by atoms with van der Waals surface area (Å²) in [5.74, 6) is 5.91. The van der Waals surface area contributed by atoms with Crippen molar-refractivity contribution in [3.05, 3.63) is 71.3 Å². The van der Waals surface area contributed by atoms with Gasteiger partial charge >= 0.3 is 0 Å². The predicted octanol–water partition coefficient (Wildman–Crippen LogP) is 4.11. The van der Waals surface area contributed by atoms with Crippen LogP contribution in [-0.4, -0.2) is 7.11 Å². The van der Waals surface area contributed by atoms with Crippen molar-refractivity contribution < 1.29 is 9.47 Å². The molecule has 0 radical (unpaired) electrons. The Labute approximate surface area is 126 Å². The Balaban J connectivity index is 1.88. The van der Waals surface area contributed by atoms with Gasteiger partial charge in [-0.15, -0.1) is 5.92 Å². The Morgan fingerprint density at radius 3 is 2.10 bits per heavy atom. The summed E-state index contributed by atoms with van der Waals surface area (Å²) >= 11 is 0. The summed E-state index contributed by atoms with van der Waals surface area (Å²) in [4.78, 5) is 0. The van der Waals surface area contributed by atoms with Crippen molar-refractivity contribution in [2.24, 2.45) is 0 Å². The minimum atomic E-state index is -0.158. The van der Waals surface area contributed by atoms with Crippen molar-refractivity contribution in [3.63, 3.8) is 0 Å². The van der Waals surface area contributed by atoms with Gasteiger partial charge in [-0.25, -0.2) is 0 Å². The second-order valence-electron chi connectivity index (χ2n) is 4.73. The third kappa shape index (κ3) is 4.75. The van der Waals surface area contributed by atoms with E-state index in [4.69, 9.17) is 9.47 Å². The average molecular weight is 280 g/mol. The van der Waals surface area contributed by atoms with E-state index in [2.05, 4.69) is 36.1 Å². The first-order valence-electron chi connectivity index (χ1n) is 6.99. The lowest BCUT2D eigenvalue weighted by Gasteiger charge is -2.10. The molecule has 1 unspecified atom stereocenters. The fourth-order valence-corrected chi connectivity index (χ4v) is 2.06. The molecule has 0 aliphatic heterocycles. The zero-order chi connectivity index (χ0) is 14.9. The van der Waals surface area contributed by atoms with Crippen LogP contribution < -0.4 is 0 Å². The molecule has 0 spiro atoms. The lowest BCUT2D eigenvalue weighted by atomic mass is 10.1. The van der Waals surface area contributed by atoms with Crippen LogP contribution in [0.3, 0.4) is 0 Å². The van der Waals surface area contributed by atoms with Gasteiger partial charge in [-0.05, 0) is 23.6 Å². The molecule has 0 aliphatic carbocycles. The summed E-state index contributed by atoms with van der Waals surface area (Å²) < 4.78 is 11.1. The standard InChI is InChI=1S/C19H20O2/c1-3-7-19(20-2)18-12-10-17(11-13-18)15-21-14-16-8-5-4-6-9-16/h4-6,8-13,19H,14-15H2,1-2H3. The summed E-state index contributed by atoms with van der Waals surface area (Å²) in [6.45, 7) is 3.05. The topological polar surface area (TPSA) is 18.5 Å². The molecule has 2 nitrogen and oxygen atoms in total. The largest absolute Gasteiger partial charge is 0.372 e. The maximum Gasteiger partial charge on any atom is 0.143 e. The van der Waals surface area contributed by atoms with E-state index in [-0.39, 0.29) is 6.10 Å². The van der Waals surface area contributed by atoms with Crippen molar-refractivity contribution in [1.29, 1.82) is 0 Å². The Hall–Kier alpha value is -2.08. The lowest BCUT2D eigenvalue weighted by molar-refractivity contribution is 0.107. The molecule has 2 heteroatoms. The number of ether oxygens (including phenoxy) is 2. The highest BCUT2D eigenvalue weighted by molar-refractivity contribution is 5.28. The molecule has 21 heavy (non-hydrogen) atoms. The van der Waals surface area contributed by atoms with Crippen LogP contribution in [0.15, 0.2) is 54.6 Å². The number of methoxy groups -OCH3 is 1. The molecule has 2 rings (SSSR count). The molecule has 0 aliphatic rings. The maximum atomic E-state index is 5.72. The highest BCUT2D eigenvalue weighted by Crippen LogP contribution is 2.17. The first-order chi connectivity index (χ1) is 10.3. The van der Waals surface area contributed by atoms with Crippen LogP contribution in [-0.2, 0) is 22.7 Å². The fraction of sp³-hybridized carbons (Fsp3) is 0.263. The molecule has 1 atom stereocenters. The Morgan fingerprint density at radius 1 is 0.905 bits per heavy atom. The SMILES string of the molecule is CC#CC(OC)c1ccc(COCc2ccccc2)cc1. The molecule has 0 saturated heterocycles. The summed E-state index contributed by atoms with van der Waals surface area (Å²) in [6, 6.07) is 18.4. The molecule has 0 amide bonds. The Bertz CT molecular complexity index is 591. The molecule has 0 saturated carbocycles. The third-order valence-electron chi connectivity index (χ3n) is 3.17. The van der Waals surface area contributed by atoms with Gasteiger partial charge in [0, 0.05) is 7.11 Å². The number of benzene rings is 2. The number of hydrogen-bond acceptors (Lipinski definition) is 2. The van der Waals surface area contributed by atoms with E-state index in [0.717, 1.165) is 11.1 Å². The summed E-state index contributed by atoms with van der Waals surface area (Å²) in [5.41, 5.74) is 3.40. The molecule has 0 aromatic heterocycles. The second-order valence-corrected chi connectivity index (χ2v) is 4.73. The van der Waals surface area contributed by atoms with Crippen LogP contribution in [0.2, 0.25) is 0 Å². The van der Waals surface area contributed by atoms with Crippen molar-refractivity contribution in [2.45, 2.75) is 26.2 Å². The van der Waals surface area contributed by atoms with Crippen molar-refractivity contribution in [3.8, 4) is 11.8 Å². The minimum Gasteiger partial charge on any atom is -0.372 e. The van der Waals surface area contributed by atoms with E-state index in [1.165, 1.54) is 5.56 Å². The van der Waals surface area contributed by atoms with Gasteiger partial charge in [0.25, 0.3) is 0 Å². The molecular formula is C19H20O2. The first kappa shape index (κ1) is 15.3. The second kappa shape index (κ2) is 8.26. The zero-order valence-corrected chi connectivity index (χ0v) is 12.5. The van der Waals surface area contributed by atoms with Crippen LogP contribution in [0.4, 0.5) is 0 Å². The summed E-state index contributed by atoms with van der Waals surface area (Å²) in [5, 5.41) is 0. The average Bonchev–Trinajstić information content (AvgIpc) is 2.54. The highest BCUT2D eigenvalue weighted by Gasteiger charge is 2.06. The van der Waals surface area contributed by atoms with Gasteiger partial charge in [0.05, 0.1) is 13.2 Å². The van der Waals surface area contributed by atoms with Crippen molar-refractivity contribution in [1.82, 2.24) is 0 Å². The molecule has 2 aromatic rings. The molecule has 0 bridgehead atoms. The van der Waals surface area contributed by atoms with E-state index in [1.54, 1.807) is 7.11 Å². The smallest absolute Gasteiger partial charge is 0.143 e. The molecule has 0 fully saturated rings. The van der Waals surface area contributed by atoms with Crippen LogP contribution in [0.1, 0.15) is 29.7 Å². The van der Waals surface area contributed by atoms with Gasteiger partial charge in [-0.1, -0.05) is 60.5 Å². The monoisotopic (exact) mass is 280 g/mol. The molecule has 2 aromatic carbocycles. The highest BCUT2D eigenvalue weighted by atomic mass is 16.5. The van der Waals surface area contributed by atoms with E-state index in [9.17, 15) is 0 Å². The third-order valence-corrected chi connectivity index (χ3v) is 3.17. The molecule has 0 heterocycles. The van der Waals surface area contributed by atoms with E-state index >= 15 is 0 Å². The van der Waals surface area contributed by atoms with Crippen LogP contribution in [0.25, 0.3) is 0 Å². The van der Waals surface area contributed by atoms with E-state index < -0.39 is 0 Å². The van der Waals surface area contributed by atoms with Gasteiger partial charge < -0.3 is 9.47 Å². The Morgan fingerprint density at radius 2 is 1.52 bits per heavy atom. The quantitative estimate of drug-likeness (QED) is 0.741. The molecule has 0 N–H and O–H groups in total. The summed E-state index contributed by atoms with van der Waals surface area (Å²) in [7, 11) is 1.67. The van der Waals surface area contributed by atoms with E-state index in [1.807, 2.05) is 37.3 Å². The number of hydrogen-bond donors (Lipinski definition) is 0. The molecule has 108 valence electrons. The van der Waals surface area contributed by atoms with Gasteiger partial charge in [0.15, 0.2) is 0 Å². The molecular weight excluding hydrogens is 260 g/mol.